The second kappa shape index (κ2) is 9.56. The number of hydrogen-bond donors (Lipinski definition) is 1. The van der Waals surface area contributed by atoms with Gasteiger partial charge in [0.25, 0.3) is 0 Å². The summed E-state index contributed by atoms with van der Waals surface area (Å²) < 4.78 is 5.95. The minimum atomic E-state index is 0.208. The Balaban J connectivity index is 2.48. The average molecular weight is 279 g/mol. The van der Waals surface area contributed by atoms with Gasteiger partial charge in [-0.3, -0.25) is 0 Å². The van der Waals surface area contributed by atoms with E-state index in [1.54, 1.807) is 0 Å². The maximum atomic E-state index is 5.95. The van der Waals surface area contributed by atoms with Crippen molar-refractivity contribution in [3.63, 3.8) is 0 Å². The summed E-state index contributed by atoms with van der Waals surface area (Å²) in [5.74, 6) is 1.37. The number of ether oxygens (including phenoxy) is 1. The fraction of sp³-hybridized carbons (Fsp3) is 0.750. The summed E-state index contributed by atoms with van der Waals surface area (Å²) in [6.45, 7) is 9.34. The molecule has 0 aliphatic rings. The van der Waals surface area contributed by atoms with Gasteiger partial charge < -0.3 is 10.1 Å². The maximum Gasteiger partial charge on any atom is 0.225 e. The highest BCUT2D eigenvalue weighted by atomic mass is 16.5. The summed E-state index contributed by atoms with van der Waals surface area (Å²) in [7, 11) is 0. The van der Waals surface area contributed by atoms with Gasteiger partial charge in [-0.15, -0.1) is 0 Å². The molecule has 1 rings (SSSR count). The first-order valence-electron chi connectivity index (χ1n) is 7.91. The summed E-state index contributed by atoms with van der Waals surface area (Å²) in [5, 5.41) is 3.19. The van der Waals surface area contributed by atoms with Crippen molar-refractivity contribution in [2.24, 2.45) is 0 Å². The molecule has 4 heteroatoms. The molecule has 1 atom stereocenters. The molecule has 0 amide bonds. The molecule has 1 unspecified atom stereocenters. The summed E-state index contributed by atoms with van der Waals surface area (Å²) in [4.78, 5) is 8.72. The SMILES string of the molecule is CCCCCCC(C)Oc1nc(NCCC)ncc1C. The summed E-state index contributed by atoms with van der Waals surface area (Å²) in [5.41, 5.74) is 0.993. The van der Waals surface area contributed by atoms with Crippen LogP contribution in [0.15, 0.2) is 6.20 Å². The van der Waals surface area contributed by atoms with Crippen molar-refractivity contribution >= 4 is 5.95 Å². The Bertz CT molecular complexity index is 382. The highest BCUT2D eigenvalue weighted by Gasteiger charge is 2.09. The van der Waals surface area contributed by atoms with E-state index < -0.39 is 0 Å². The minimum absolute atomic E-state index is 0.208. The van der Waals surface area contributed by atoms with Crippen LogP contribution in [-0.2, 0) is 0 Å². The molecule has 1 aromatic heterocycles. The molecule has 114 valence electrons. The van der Waals surface area contributed by atoms with Crippen LogP contribution >= 0.6 is 0 Å². The second-order valence-corrected chi connectivity index (χ2v) is 5.39. The van der Waals surface area contributed by atoms with Gasteiger partial charge in [0, 0.05) is 18.3 Å². The van der Waals surface area contributed by atoms with Crippen molar-refractivity contribution in [3.05, 3.63) is 11.8 Å². The first kappa shape index (κ1) is 16.7. The first-order valence-corrected chi connectivity index (χ1v) is 7.91. The Morgan fingerprint density at radius 1 is 1.20 bits per heavy atom. The van der Waals surface area contributed by atoms with Crippen molar-refractivity contribution < 1.29 is 4.74 Å². The monoisotopic (exact) mass is 279 g/mol. The van der Waals surface area contributed by atoms with Crippen LogP contribution in [0.5, 0.6) is 5.88 Å². The van der Waals surface area contributed by atoms with Crippen LogP contribution in [-0.4, -0.2) is 22.6 Å². The van der Waals surface area contributed by atoms with Crippen molar-refractivity contribution in [1.82, 2.24) is 9.97 Å². The van der Waals surface area contributed by atoms with E-state index in [1.807, 2.05) is 13.1 Å². The van der Waals surface area contributed by atoms with Crippen molar-refractivity contribution in [3.8, 4) is 5.88 Å². The van der Waals surface area contributed by atoms with Gasteiger partial charge in [-0.1, -0.05) is 33.1 Å². The average Bonchev–Trinajstić information content (AvgIpc) is 2.44. The topological polar surface area (TPSA) is 47.0 Å². The van der Waals surface area contributed by atoms with Crippen LogP contribution in [0.4, 0.5) is 5.95 Å². The van der Waals surface area contributed by atoms with E-state index in [9.17, 15) is 0 Å². The normalized spacial score (nSPS) is 12.2. The Labute approximate surface area is 123 Å². The predicted molar refractivity (Wildman–Crippen MR) is 84.4 cm³/mol. The number of rotatable bonds is 10. The molecule has 0 radical (unpaired) electrons. The molecule has 20 heavy (non-hydrogen) atoms. The first-order chi connectivity index (χ1) is 9.67. The third-order valence-electron chi connectivity index (χ3n) is 3.24. The molecule has 0 aromatic carbocycles. The lowest BCUT2D eigenvalue weighted by Crippen LogP contribution is -2.14. The van der Waals surface area contributed by atoms with Gasteiger partial charge in [-0.25, -0.2) is 4.98 Å². The highest BCUT2D eigenvalue weighted by molar-refractivity contribution is 5.32. The van der Waals surface area contributed by atoms with Gasteiger partial charge in [0.1, 0.15) is 0 Å². The molecule has 0 aliphatic carbocycles. The molecule has 0 saturated carbocycles. The van der Waals surface area contributed by atoms with E-state index >= 15 is 0 Å². The fourth-order valence-corrected chi connectivity index (χ4v) is 1.98. The number of aryl methyl sites for hydroxylation is 1. The van der Waals surface area contributed by atoms with Crippen molar-refractivity contribution in [1.29, 1.82) is 0 Å². The summed E-state index contributed by atoms with van der Waals surface area (Å²) in [6, 6.07) is 0. The lowest BCUT2D eigenvalue weighted by Gasteiger charge is -2.16. The lowest BCUT2D eigenvalue weighted by molar-refractivity contribution is 0.196. The molecule has 0 fully saturated rings. The Morgan fingerprint density at radius 3 is 2.70 bits per heavy atom. The molecule has 4 nitrogen and oxygen atoms in total. The quantitative estimate of drug-likeness (QED) is 0.647. The van der Waals surface area contributed by atoms with E-state index in [-0.39, 0.29) is 6.10 Å². The number of aromatic nitrogens is 2. The number of hydrogen-bond acceptors (Lipinski definition) is 4. The van der Waals surface area contributed by atoms with Crippen LogP contribution in [0, 0.1) is 6.92 Å². The number of nitrogens with one attached hydrogen (secondary N) is 1. The molecule has 0 saturated heterocycles. The van der Waals surface area contributed by atoms with Crippen molar-refractivity contribution in [2.45, 2.75) is 72.3 Å². The van der Waals surface area contributed by atoms with Gasteiger partial charge in [0.15, 0.2) is 0 Å². The number of anilines is 1. The fourth-order valence-electron chi connectivity index (χ4n) is 1.98. The van der Waals surface area contributed by atoms with Gasteiger partial charge >= 0.3 is 0 Å². The van der Waals surface area contributed by atoms with Crippen LogP contribution in [0.1, 0.15) is 64.9 Å². The van der Waals surface area contributed by atoms with Gasteiger partial charge in [0.2, 0.25) is 11.8 Å². The van der Waals surface area contributed by atoms with E-state index in [4.69, 9.17) is 4.74 Å². The predicted octanol–water partition coefficient (Wildman–Crippen LogP) is 4.34. The van der Waals surface area contributed by atoms with E-state index in [0.717, 1.165) is 24.9 Å². The van der Waals surface area contributed by atoms with Crippen LogP contribution < -0.4 is 10.1 Å². The molecule has 1 heterocycles. The standard InChI is InChI=1S/C16H29N3O/c1-5-7-8-9-10-14(4)20-15-13(3)12-18-16(19-15)17-11-6-2/h12,14H,5-11H2,1-4H3,(H,17,18,19). The van der Waals surface area contributed by atoms with E-state index in [0.29, 0.717) is 11.8 Å². The Hall–Kier alpha value is -1.32. The zero-order chi connectivity index (χ0) is 14.8. The van der Waals surface area contributed by atoms with E-state index in [2.05, 4.69) is 36.1 Å². The van der Waals surface area contributed by atoms with E-state index in [1.165, 1.54) is 25.7 Å². The second-order valence-electron chi connectivity index (χ2n) is 5.39. The van der Waals surface area contributed by atoms with Crippen LogP contribution in [0.3, 0.4) is 0 Å². The smallest absolute Gasteiger partial charge is 0.225 e. The van der Waals surface area contributed by atoms with Crippen LogP contribution in [0.2, 0.25) is 0 Å². The highest BCUT2D eigenvalue weighted by Crippen LogP contribution is 2.18. The Kier molecular flexibility index (Phi) is 8.00. The zero-order valence-electron chi connectivity index (χ0n) is 13.4. The Morgan fingerprint density at radius 2 is 2.00 bits per heavy atom. The third-order valence-corrected chi connectivity index (χ3v) is 3.24. The van der Waals surface area contributed by atoms with Gasteiger partial charge in [-0.2, -0.15) is 4.98 Å². The molecule has 0 bridgehead atoms. The van der Waals surface area contributed by atoms with Crippen molar-refractivity contribution in [2.75, 3.05) is 11.9 Å². The largest absolute Gasteiger partial charge is 0.474 e. The molecular weight excluding hydrogens is 250 g/mol. The summed E-state index contributed by atoms with van der Waals surface area (Å²) in [6.07, 6.45) is 9.26. The minimum Gasteiger partial charge on any atom is -0.474 e. The van der Waals surface area contributed by atoms with Crippen LogP contribution in [0.25, 0.3) is 0 Å². The molecule has 0 aliphatic heterocycles. The number of unbranched alkanes of at least 4 members (excludes halogenated alkanes) is 3. The molecule has 1 aromatic rings. The maximum absolute atomic E-state index is 5.95. The lowest BCUT2D eigenvalue weighted by atomic mass is 10.1. The molecular formula is C16H29N3O. The summed E-state index contributed by atoms with van der Waals surface area (Å²) >= 11 is 0. The third kappa shape index (κ3) is 6.22. The molecule has 1 N–H and O–H groups in total. The van der Waals surface area contributed by atoms with Gasteiger partial charge in [0.05, 0.1) is 6.10 Å². The number of nitrogens with zero attached hydrogens (tertiary/aromatic N) is 2. The zero-order valence-corrected chi connectivity index (χ0v) is 13.4. The molecule has 0 spiro atoms. The van der Waals surface area contributed by atoms with Gasteiger partial charge in [-0.05, 0) is 33.1 Å².